The fourth-order valence-electron chi connectivity index (χ4n) is 5.51. The molecule has 4 atom stereocenters. The number of carbonyl (C=O) groups excluding carboxylic acids is 6. The van der Waals surface area contributed by atoms with Crippen molar-refractivity contribution in [2.45, 2.75) is 97.7 Å². The molecular weight excluding hydrogens is 823 g/mol. The van der Waals surface area contributed by atoms with Gasteiger partial charge in [0.1, 0.15) is 18.1 Å². The Morgan fingerprint density at radius 1 is 0.524 bits per heavy atom. The number of ether oxygens (including phenoxy) is 7. The Labute approximate surface area is 375 Å². The van der Waals surface area contributed by atoms with E-state index in [1.807, 2.05) is 0 Å². The minimum absolute atomic E-state index is 0.0531. The number of carbonyl (C=O) groups is 6. The van der Waals surface area contributed by atoms with Crippen LogP contribution in [0.2, 0.25) is 0 Å². The Bertz CT molecular complexity index is 1230. The van der Waals surface area contributed by atoms with Gasteiger partial charge in [-0.3, -0.25) is 24.0 Å². The molecule has 7 amide bonds. The summed E-state index contributed by atoms with van der Waals surface area (Å²) in [5.74, 6) is -1.86. The Morgan fingerprint density at radius 3 is 1.43 bits per heavy atom. The van der Waals surface area contributed by atoms with E-state index in [2.05, 4.69) is 51.0 Å². The van der Waals surface area contributed by atoms with Crippen molar-refractivity contribution < 1.29 is 61.9 Å². The third kappa shape index (κ3) is 36.4. The zero-order valence-corrected chi connectivity index (χ0v) is 38.5. The van der Waals surface area contributed by atoms with Crippen molar-refractivity contribution in [2.24, 2.45) is 17.6 Å². The molecular formula is C41H79BN8O13. The normalized spacial score (nSPS) is 13.1. The second-order valence-corrected chi connectivity index (χ2v) is 15.1. The monoisotopic (exact) mass is 903 g/mol. The standard InChI is InChI=1S/C41H79BN8O13/c1-6-32(4)30-36(52)44-14-16-57-18-20-59-22-24-61-26-28-63-29-27-62-25-23-60-21-19-58-17-15-45-38(53)34(11-9-12-46-41(43)56)49-40(55)37(31(2)3)50-39(54)35(48-33(5)51)10-7-8-13-47-42/h31-32,34-35,37,47H,6-30H2,1-5H3,(H,44,52)(H,45,53)(H,48,51)(H,49,55)(H,50,54)(H3,43,46,56)/t32?,34-,35-,37?/m0/s1. The summed E-state index contributed by atoms with van der Waals surface area (Å²) in [7, 11) is 5.32. The first-order valence-electron chi connectivity index (χ1n) is 22.2. The van der Waals surface area contributed by atoms with Crippen LogP contribution in [0.25, 0.3) is 0 Å². The van der Waals surface area contributed by atoms with Gasteiger partial charge < -0.3 is 76.0 Å². The second kappa shape index (κ2) is 41.1. The third-order valence-corrected chi connectivity index (χ3v) is 9.18. The molecule has 0 spiro atoms. The van der Waals surface area contributed by atoms with E-state index in [4.69, 9.17) is 46.9 Å². The summed E-state index contributed by atoms with van der Waals surface area (Å²) in [6.45, 7) is 15.8. The van der Waals surface area contributed by atoms with Gasteiger partial charge in [-0.25, -0.2) is 4.79 Å². The maximum atomic E-state index is 13.5. The summed E-state index contributed by atoms with van der Waals surface area (Å²) >= 11 is 0. The summed E-state index contributed by atoms with van der Waals surface area (Å²) in [5.41, 5.74) is 5.15. The molecule has 0 rings (SSSR count). The van der Waals surface area contributed by atoms with Crippen molar-refractivity contribution >= 4 is 43.5 Å². The molecule has 0 aromatic heterocycles. The highest BCUT2D eigenvalue weighted by Gasteiger charge is 2.31. The van der Waals surface area contributed by atoms with Gasteiger partial charge in [-0.05, 0) is 50.5 Å². The zero-order valence-electron chi connectivity index (χ0n) is 38.5. The predicted molar refractivity (Wildman–Crippen MR) is 237 cm³/mol. The predicted octanol–water partition coefficient (Wildman–Crippen LogP) is -0.807. The Hall–Kier alpha value is -3.64. The summed E-state index contributed by atoms with van der Waals surface area (Å²) in [4.78, 5) is 74.4. The lowest BCUT2D eigenvalue weighted by Gasteiger charge is -2.27. The lowest BCUT2D eigenvalue weighted by molar-refractivity contribution is -0.134. The first-order chi connectivity index (χ1) is 30.3. The molecule has 0 aliphatic heterocycles. The number of primary amides is 1. The molecule has 0 aromatic rings. The zero-order chi connectivity index (χ0) is 46.9. The Kier molecular flexibility index (Phi) is 38.7. The van der Waals surface area contributed by atoms with Crippen molar-refractivity contribution in [3.63, 3.8) is 0 Å². The smallest absolute Gasteiger partial charge is 0.312 e. The number of nitrogens with two attached hydrogens (primary N) is 1. The van der Waals surface area contributed by atoms with Crippen LogP contribution in [0.5, 0.6) is 0 Å². The SMILES string of the molecule is [B]NCCCC[C@H](NC(C)=O)C(=O)NC(C(=O)N[C@@H](CCCNC(N)=O)C(=O)NCCOCCOCCOCCOCCOCCOCCOCCNC(=O)CC(C)CC)C(C)C. The van der Waals surface area contributed by atoms with Gasteiger partial charge in [-0.15, -0.1) is 0 Å². The van der Waals surface area contributed by atoms with Crippen molar-refractivity contribution in [3.05, 3.63) is 0 Å². The van der Waals surface area contributed by atoms with E-state index in [0.717, 1.165) is 6.42 Å². The van der Waals surface area contributed by atoms with Gasteiger partial charge in [0.05, 0.1) is 92.5 Å². The molecule has 0 aliphatic rings. The van der Waals surface area contributed by atoms with Crippen LogP contribution < -0.4 is 42.9 Å². The number of amides is 7. The fourth-order valence-corrected chi connectivity index (χ4v) is 5.51. The molecule has 364 valence electrons. The highest BCUT2D eigenvalue weighted by atomic mass is 16.6. The van der Waals surface area contributed by atoms with Gasteiger partial charge in [-0.2, -0.15) is 0 Å². The van der Waals surface area contributed by atoms with Gasteiger partial charge in [0.2, 0.25) is 29.5 Å². The number of hydrogen-bond acceptors (Lipinski definition) is 14. The second-order valence-electron chi connectivity index (χ2n) is 15.1. The quantitative estimate of drug-likeness (QED) is 0.0275. The number of urea groups is 1. The number of nitrogens with one attached hydrogen (secondary N) is 7. The average Bonchev–Trinajstić information content (AvgIpc) is 3.24. The summed E-state index contributed by atoms with van der Waals surface area (Å²) in [6.07, 6.45) is 3.66. The summed E-state index contributed by atoms with van der Waals surface area (Å²) in [5, 5.41) is 18.7. The van der Waals surface area contributed by atoms with Crippen molar-refractivity contribution in [3.8, 4) is 0 Å². The minimum Gasteiger partial charge on any atom is -0.377 e. The van der Waals surface area contributed by atoms with E-state index >= 15 is 0 Å². The minimum atomic E-state index is -1.00. The average molecular weight is 903 g/mol. The number of rotatable bonds is 43. The summed E-state index contributed by atoms with van der Waals surface area (Å²) in [6, 6.07) is -3.55. The van der Waals surface area contributed by atoms with Crippen LogP contribution in [0.1, 0.15) is 79.6 Å². The van der Waals surface area contributed by atoms with E-state index in [-0.39, 0.29) is 50.5 Å². The van der Waals surface area contributed by atoms with E-state index in [1.165, 1.54) is 6.92 Å². The molecule has 22 heteroatoms. The summed E-state index contributed by atoms with van der Waals surface area (Å²) < 4.78 is 38.5. The van der Waals surface area contributed by atoms with E-state index in [0.29, 0.717) is 130 Å². The molecule has 21 nitrogen and oxygen atoms in total. The molecule has 0 fully saturated rings. The van der Waals surface area contributed by atoms with Gasteiger partial charge >= 0.3 is 6.03 Å². The van der Waals surface area contributed by atoms with Crippen molar-refractivity contribution in [1.82, 2.24) is 37.1 Å². The molecule has 2 unspecified atom stereocenters. The van der Waals surface area contributed by atoms with Gasteiger partial charge in [-0.1, -0.05) is 34.1 Å². The van der Waals surface area contributed by atoms with Crippen LogP contribution in [0.3, 0.4) is 0 Å². The van der Waals surface area contributed by atoms with E-state index in [1.54, 1.807) is 13.8 Å². The first-order valence-corrected chi connectivity index (χ1v) is 22.2. The molecule has 0 aliphatic carbocycles. The lowest BCUT2D eigenvalue weighted by atomic mass is 10.0. The van der Waals surface area contributed by atoms with Gasteiger partial charge in [0, 0.05) is 33.0 Å². The van der Waals surface area contributed by atoms with Crippen LogP contribution in [0.15, 0.2) is 0 Å². The highest BCUT2D eigenvalue weighted by Crippen LogP contribution is 2.08. The van der Waals surface area contributed by atoms with Crippen LogP contribution in [0, 0.1) is 11.8 Å². The van der Waals surface area contributed by atoms with E-state index < -0.39 is 41.9 Å². The third-order valence-electron chi connectivity index (χ3n) is 9.18. The molecule has 0 heterocycles. The molecule has 0 saturated carbocycles. The van der Waals surface area contributed by atoms with Crippen molar-refractivity contribution in [1.29, 1.82) is 0 Å². The van der Waals surface area contributed by atoms with Gasteiger partial charge in [0.25, 0.3) is 0 Å². The number of unbranched alkanes of at least 4 members (excludes halogenated alkanes) is 1. The van der Waals surface area contributed by atoms with Crippen LogP contribution in [0.4, 0.5) is 4.79 Å². The lowest BCUT2D eigenvalue weighted by Crippen LogP contribution is -2.58. The maximum absolute atomic E-state index is 13.5. The molecule has 63 heavy (non-hydrogen) atoms. The van der Waals surface area contributed by atoms with Gasteiger partial charge in [0.15, 0.2) is 7.98 Å². The molecule has 9 N–H and O–H groups in total. The largest absolute Gasteiger partial charge is 0.377 e. The molecule has 0 aromatic carbocycles. The maximum Gasteiger partial charge on any atom is 0.312 e. The number of hydrogen-bond donors (Lipinski definition) is 8. The van der Waals surface area contributed by atoms with Crippen LogP contribution in [-0.2, 0) is 57.1 Å². The highest BCUT2D eigenvalue weighted by molar-refractivity contribution is 6.04. The first kappa shape index (κ1) is 59.4. The topological polar surface area (TPSA) is 277 Å². The molecule has 0 saturated heterocycles. The molecule has 0 bridgehead atoms. The van der Waals surface area contributed by atoms with Crippen LogP contribution in [-0.4, -0.2) is 180 Å². The Balaban J connectivity index is 4.22. The van der Waals surface area contributed by atoms with E-state index in [9.17, 15) is 28.8 Å². The Morgan fingerprint density at radius 2 is 0.984 bits per heavy atom. The van der Waals surface area contributed by atoms with Crippen LogP contribution >= 0.6 is 0 Å². The molecule has 2 radical (unpaired) electrons. The fraction of sp³-hybridized carbons (Fsp3) is 0.854. The van der Waals surface area contributed by atoms with Crippen molar-refractivity contribution in [2.75, 3.05) is 119 Å².